The molecule has 0 saturated heterocycles. The molecule has 4 N–H and O–H groups in total. The van der Waals surface area contributed by atoms with Crippen LogP contribution >= 0.6 is 0 Å². The Balaban J connectivity index is 1.92. The Morgan fingerprint density at radius 1 is 1.38 bits per heavy atom. The Morgan fingerprint density at radius 2 is 2.19 bits per heavy atom. The quantitative estimate of drug-likeness (QED) is 0.415. The van der Waals surface area contributed by atoms with Crippen molar-refractivity contribution in [2.45, 2.75) is 19.4 Å². The van der Waals surface area contributed by atoms with Crippen molar-refractivity contribution in [1.82, 2.24) is 25.4 Å². The number of aromatic nitrogens is 3. The van der Waals surface area contributed by atoms with E-state index in [1.54, 1.807) is 55.6 Å². The van der Waals surface area contributed by atoms with Crippen LogP contribution in [-0.2, 0) is 17.4 Å². The number of aliphatic imine (C=N–C) groups is 1. The van der Waals surface area contributed by atoms with Crippen molar-refractivity contribution in [3.63, 3.8) is 0 Å². The SMILES string of the molecule is CCNC(=NCC(=O)Nc1cccnc1)NCC(C)(O)c1cnn(C)c1. The Morgan fingerprint density at radius 3 is 2.81 bits per heavy atom. The molecule has 2 rings (SSSR count). The number of guanidine groups is 1. The van der Waals surface area contributed by atoms with Crippen LogP contribution in [0.3, 0.4) is 0 Å². The van der Waals surface area contributed by atoms with E-state index in [0.29, 0.717) is 23.8 Å². The third-order valence-electron chi connectivity index (χ3n) is 3.60. The van der Waals surface area contributed by atoms with E-state index in [1.165, 1.54) is 0 Å². The van der Waals surface area contributed by atoms with Gasteiger partial charge in [0, 0.05) is 31.5 Å². The first-order valence-corrected chi connectivity index (χ1v) is 8.34. The first-order chi connectivity index (χ1) is 12.4. The Labute approximate surface area is 152 Å². The van der Waals surface area contributed by atoms with Gasteiger partial charge in [0.2, 0.25) is 5.91 Å². The highest BCUT2D eigenvalue weighted by atomic mass is 16.3. The summed E-state index contributed by atoms with van der Waals surface area (Å²) in [7, 11) is 1.79. The number of pyridine rings is 1. The molecule has 1 amide bonds. The maximum Gasteiger partial charge on any atom is 0.246 e. The van der Waals surface area contributed by atoms with Crippen LogP contribution in [0.5, 0.6) is 0 Å². The molecule has 2 aromatic rings. The minimum Gasteiger partial charge on any atom is -0.383 e. The molecule has 140 valence electrons. The third-order valence-corrected chi connectivity index (χ3v) is 3.60. The number of aliphatic hydroxyl groups is 1. The molecule has 0 aliphatic heterocycles. The lowest BCUT2D eigenvalue weighted by molar-refractivity contribution is -0.114. The largest absolute Gasteiger partial charge is 0.383 e. The summed E-state index contributed by atoms with van der Waals surface area (Å²) in [5, 5.41) is 23.5. The molecule has 0 aliphatic carbocycles. The minimum atomic E-state index is -1.12. The molecular formula is C17H25N7O2. The van der Waals surface area contributed by atoms with Crippen molar-refractivity contribution in [3.8, 4) is 0 Å². The fourth-order valence-corrected chi connectivity index (χ4v) is 2.19. The summed E-state index contributed by atoms with van der Waals surface area (Å²) in [5.74, 6) is 0.187. The number of amides is 1. The monoisotopic (exact) mass is 359 g/mol. The van der Waals surface area contributed by atoms with Gasteiger partial charge in [-0.3, -0.25) is 14.5 Å². The lowest BCUT2D eigenvalue weighted by Crippen LogP contribution is -2.44. The summed E-state index contributed by atoms with van der Waals surface area (Å²) in [6.45, 7) is 4.40. The van der Waals surface area contributed by atoms with Crippen molar-refractivity contribution in [3.05, 3.63) is 42.5 Å². The van der Waals surface area contributed by atoms with Crippen LogP contribution in [0.2, 0.25) is 0 Å². The van der Waals surface area contributed by atoms with Gasteiger partial charge in [-0.25, -0.2) is 4.99 Å². The Kier molecular flexibility index (Phi) is 6.67. The van der Waals surface area contributed by atoms with Gasteiger partial charge in [0.05, 0.1) is 24.6 Å². The van der Waals surface area contributed by atoms with Crippen molar-refractivity contribution in [2.24, 2.45) is 12.0 Å². The molecule has 0 saturated carbocycles. The van der Waals surface area contributed by atoms with E-state index in [4.69, 9.17) is 0 Å². The molecule has 2 aromatic heterocycles. The van der Waals surface area contributed by atoms with Crippen LogP contribution in [0.4, 0.5) is 5.69 Å². The zero-order chi connectivity index (χ0) is 19.0. The predicted octanol–water partition coefficient (Wildman–Crippen LogP) is 0.216. The number of nitrogens with one attached hydrogen (secondary N) is 3. The van der Waals surface area contributed by atoms with Crippen molar-refractivity contribution >= 4 is 17.6 Å². The highest BCUT2D eigenvalue weighted by molar-refractivity contribution is 5.93. The first-order valence-electron chi connectivity index (χ1n) is 8.34. The standard InChI is InChI=1S/C17H25N7O2/c1-4-19-16(20-10-15(25)23-14-6-5-7-18-9-14)21-12-17(2,26)13-8-22-24(3)11-13/h5-9,11,26H,4,10,12H2,1-3H3,(H,23,25)(H2,19,20,21). The van der Waals surface area contributed by atoms with Crippen LogP contribution < -0.4 is 16.0 Å². The predicted molar refractivity (Wildman–Crippen MR) is 99.6 cm³/mol. The molecule has 1 atom stereocenters. The van der Waals surface area contributed by atoms with E-state index in [0.717, 1.165) is 0 Å². The molecule has 0 bridgehead atoms. The maximum atomic E-state index is 12.0. The van der Waals surface area contributed by atoms with Gasteiger partial charge in [0.1, 0.15) is 12.1 Å². The lowest BCUT2D eigenvalue weighted by Gasteiger charge is -2.23. The fraction of sp³-hybridized carbons (Fsp3) is 0.412. The van der Waals surface area contributed by atoms with Crippen molar-refractivity contribution < 1.29 is 9.90 Å². The van der Waals surface area contributed by atoms with Gasteiger partial charge < -0.3 is 21.1 Å². The van der Waals surface area contributed by atoms with E-state index in [9.17, 15) is 9.90 Å². The minimum absolute atomic E-state index is 0.0563. The zero-order valence-corrected chi connectivity index (χ0v) is 15.2. The second-order valence-electron chi connectivity index (χ2n) is 6.02. The number of rotatable bonds is 7. The molecule has 26 heavy (non-hydrogen) atoms. The van der Waals surface area contributed by atoms with Gasteiger partial charge in [-0.15, -0.1) is 0 Å². The topological polar surface area (TPSA) is 116 Å². The molecule has 0 aliphatic rings. The average Bonchev–Trinajstić information content (AvgIpc) is 3.06. The molecule has 2 heterocycles. The van der Waals surface area contributed by atoms with Crippen LogP contribution in [0, 0.1) is 0 Å². The highest BCUT2D eigenvalue weighted by Crippen LogP contribution is 2.18. The summed E-state index contributed by atoms with van der Waals surface area (Å²) in [5.41, 5.74) is 0.186. The zero-order valence-electron chi connectivity index (χ0n) is 15.2. The number of nitrogens with zero attached hydrogens (tertiary/aromatic N) is 4. The molecule has 0 aromatic carbocycles. The maximum absolute atomic E-state index is 12.0. The summed E-state index contributed by atoms with van der Waals surface area (Å²) in [4.78, 5) is 20.2. The molecule has 0 fully saturated rings. The van der Waals surface area contributed by atoms with Gasteiger partial charge in [-0.2, -0.15) is 5.10 Å². The third kappa shape index (κ3) is 5.85. The number of aryl methyl sites for hydroxylation is 1. The van der Waals surface area contributed by atoms with Gasteiger partial charge in [0.15, 0.2) is 5.96 Å². The summed E-state index contributed by atoms with van der Waals surface area (Å²) in [6.07, 6.45) is 6.57. The number of hydrogen-bond acceptors (Lipinski definition) is 5. The average molecular weight is 359 g/mol. The second-order valence-corrected chi connectivity index (χ2v) is 6.02. The van der Waals surface area contributed by atoms with E-state index in [1.807, 2.05) is 6.92 Å². The molecule has 0 spiro atoms. The van der Waals surface area contributed by atoms with Crippen LogP contribution in [0.15, 0.2) is 41.9 Å². The highest BCUT2D eigenvalue weighted by Gasteiger charge is 2.25. The molecule has 9 heteroatoms. The van der Waals surface area contributed by atoms with Gasteiger partial charge in [-0.05, 0) is 26.0 Å². The number of hydrogen-bond donors (Lipinski definition) is 4. The Bertz CT molecular complexity index is 741. The number of carbonyl (C=O) groups excluding carboxylic acids is 1. The first kappa shape index (κ1) is 19.4. The molecule has 1 unspecified atom stereocenters. The lowest BCUT2D eigenvalue weighted by atomic mass is 10.00. The van der Waals surface area contributed by atoms with Crippen LogP contribution in [-0.4, -0.2) is 51.4 Å². The van der Waals surface area contributed by atoms with Gasteiger partial charge in [-0.1, -0.05) is 0 Å². The number of carbonyl (C=O) groups is 1. The van der Waals surface area contributed by atoms with Crippen LogP contribution in [0.25, 0.3) is 0 Å². The summed E-state index contributed by atoms with van der Waals surface area (Å²) < 4.78 is 1.63. The second kappa shape index (κ2) is 8.95. The van der Waals surface area contributed by atoms with Gasteiger partial charge in [0.25, 0.3) is 0 Å². The fourth-order valence-electron chi connectivity index (χ4n) is 2.19. The molecule has 0 radical (unpaired) electrons. The Hall–Kier alpha value is -2.94. The number of anilines is 1. The smallest absolute Gasteiger partial charge is 0.246 e. The van der Waals surface area contributed by atoms with E-state index in [-0.39, 0.29) is 19.0 Å². The summed E-state index contributed by atoms with van der Waals surface area (Å²) in [6, 6.07) is 3.49. The normalized spacial score (nSPS) is 13.8. The van der Waals surface area contributed by atoms with E-state index in [2.05, 4.69) is 31.0 Å². The molecular weight excluding hydrogens is 334 g/mol. The van der Waals surface area contributed by atoms with Gasteiger partial charge >= 0.3 is 0 Å². The summed E-state index contributed by atoms with van der Waals surface area (Å²) >= 11 is 0. The van der Waals surface area contributed by atoms with E-state index < -0.39 is 5.60 Å². The molecule has 9 nitrogen and oxygen atoms in total. The van der Waals surface area contributed by atoms with Crippen molar-refractivity contribution in [1.29, 1.82) is 0 Å². The van der Waals surface area contributed by atoms with Crippen LogP contribution in [0.1, 0.15) is 19.4 Å². The van der Waals surface area contributed by atoms with E-state index >= 15 is 0 Å². The van der Waals surface area contributed by atoms with Crippen molar-refractivity contribution in [2.75, 3.05) is 25.0 Å².